The van der Waals surface area contributed by atoms with Crippen molar-refractivity contribution in [2.45, 2.75) is 18.8 Å². The molecule has 8 heteroatoms. The summed E-state index contributed by atoms with van der Waals surface area (Å²) >= 11 is 5.94. The van der Waals surface area contributed by atoms with Crippen LogP contribution < -0.4 is 0 Å². The molecule has 146 valence electrons. The lowest BCUT2D eigenvalue weighted by Crippen LogP contribution is -2.63. The van der Waals surface area contributed by atoms with E-state index >= 15 is 0 Å². The summed E-state index contributed by atoms with van der Waals surface area (Å²) in [5, 5.41) is 0.601. The molecular formula is C21H17ClN4O3. The Hall–Kier alpha value is -3.32. The number of likely N-dealkylation sites (N-methyl/N-ethyl adjacent to an activating group) is 1. The van der Waals surface area contributed by atoms with Crippen molar-refractivity contribution in [2.75, 3.05) is 7.05 Å². The molecule has 7 nitrogen and oxygen atoms in total. The van der Waals surface area contributed by atoms with Crippen LogP contribution in [0.4, 0.5) is 4.79 Å². The van der Waals surface area contributed by atoms with E-state index in [0.717, 1.165) is 11.1 Å². The van der Waals surface area contributed by atoms with E-state index < -0.39 is 12.2 Å². The summed E-state index contributed by atoms with van der Waals surface area (Å²) in [4.78, 5) is 35.0. The first-order chi connectivity index (χ1) is 14.0. The smallest absolute Gasteiger partial charge is 0.328 e. The van der Waals surface area contributed by atoms with Crippen LogP contribution >= 0.6 is 11.6 Å². The van der Waals surface area contributed by atoms with E-state index in [1.165, 1.54) is 9.80 Å². The lowest BCUT2D eigenvalue weighted by atomic mass is 10.1. The SMILES string of the molecule is CN1C(=O)N(Cc2ccc(Cl)cc2)C(=O)C2C1N=C1OC(c3ccccc3)=CN12. The fraction of sp³-hybridized carbons (Fsp3) is 0.190. The molecule has 0 spiro atoms. The van der Waals surface area contributed by atoms with Crippen molar-refractivity contribution < 1.29 is 14.3 Å². The summed E-state index contributed by atoms with van der Waals surface area (Å²) < 4.78 is 5.88. The molecule has 0 aromatic heterocycles. The summed E-state index contributed by atoms with van der Waals surface area (Å²) in [7, 11) is 1.65. The van der Waals surface area contributed by atoms with Crippen LogP contribution in [0.5, 0.6) is 0 Å². The van der Waals surface area contributed by atoms with Gasteiger partial charge in [0.05, 0.1) is 12.7 Å². The molecule has 1 saturated heterocycles. The number of ether oxygens (including phenoxy) is 1. The lowest BCUT2D eigenvalue weighted by Gasteiger charge is -2.39. The van der Waals surface area contributed by atoms with Crippen molar-refractivity contribution in [3.05, 3.63) is 76.9 Å². The van der Waals surface area contributed by atoms with E-state index in [-0.39, 0.29) is 18.5 Å². The molecule has 3 heterocycles. The first-order valence-corrected chi connectivity index (χ1v) is 9.54. The number of benzene rings is 2. The van der Waals surface area contributed by atoms with E-state index in [0.29, 0.717) is 16.8 Å². The fourth-order valence-electron chi connectivity index (χ4n) is 3.73. The summed E-state index contributed by atoms with van der Waals surface area (Å²) in [6.45, 7) is 0.168. The Morgan fingerprint density at radius 3 is 2.52 bits per heavy atom. The van der Waals surface area contributed by atoms with Gasteiger partial charge in [-0.1, -0.05) is 54.1 Å². The van der Waals surface area contributed by atoms with Crippen LogP contribution in [-0.4, -0.2) is 51.9 Å². The predicted octanol–water partition coefficient (Wildman–Crippen LogP) is 3.13. The number of halogens is 1. The monoisotopic (exact) mass is 408 g/mol. The first-order valence-electron chi connectivity index (χ1n) is 9.17. The van der Waals surface area contributed by atoms with Gasteiger partial charge in [0.25, 0.3) is 11.9 Å². The topological polar surface area (TPSA) is 65.5 Å². The maximum atomic E-state index is 13.3. The summed E-state index contributed by atoms with van der Waals surface area (Å²) in [5.74, 6) is 0.320. The van der Waals surface area contributed by atoms with Gasteiger partial charge in [0, 0.05) is 17.6 Å². The highest BCUT2D eigenvalue weighted by molar-refractivity contribution is 6.30. The van der Waals surface area contributed by atoms with Gasteiger partial charge in [-0.3, -0.25) is 14.6 Å². The van der Waals surface area contributed by atoms with Crippen molar-refractivity contribution in [3.8, 4) is 0 Å². The Bertz CT molecular complexity index is 1050. The average molecular weight is 409 g/mol. The first kappa shape index (κ1) is 17.8. The highest BCUT2D eigenvalue weighted by Crippen LogP contribution is 2.35. The third-order valence-electron chi connectivity index (χ3n) is 5.26. The Kier molecular flexibility index (Phi) is 4.06. The number of urea groups is 1. The van der Waals surface area contributed by atoms with Gasteiger partial charge in [-0.15, -0.1) is 0 Å². The van der Waals surface area contributed by atoms with E-state index in [9.17, 15) is 9.59 Å². The van der Waals surface area contributed by atoms with Gasteiger partial charge in [-0.2, -0.15) is 0 Å². The molecule has 29 heavy (non-hydrogen) atoms. The summed E-state index contributed by atoms with van der Waals surface area (Å²) in [5.41, 5.74) is 1.71. The molecule has 0 aliphatic carbocycles. The molecule has 1 fully saturated rings. The second kappa shape index (κ2) is 6.63. The van der Waals surface area contributed by atoms with Gasteiger partial charge < -0.3 is 9.64 Å². The Morgan fingerprint density at radius 1 is 1.07 bits per heavy atom. The zero-order valence-corrected chi connectivity index (χ0v) is 16.3. The molecule has 3 aliphatic heterocycles. The number of amidine groups is 1. The highest BCUT2D eigenvalue weighted by atomic mass is 35.5. The number of imide groups is 1. The van der Waals surface area contributed by atoms with Crippen molar-refractivity contribution in [1.29, 1.82) is 0 Å². The van der Waals surface area contributed by atoms with Gasteiger partial charge >= 0.3 is 6.03 Å². The average Bonchev–Trinajstić information content (AvgIpc) is 3.30. The molecule has 2 aromatic carbocycles. The molecule has 3 amide bonds. The second-order valence-electron chi connectivity index (χ2n) is 7.08. The molecule has 0 N–H and O–H groups in total. The molecule has 0 radical (unpaired) electrons. The molecule has 0 saturated carbocycles. The molecule has 2 aromatic rings. The number of carbonyl (C=O) groups excluding carboxylic acids is 2. The van der Waals surface area contributed by atoms with Crippen molar-refractivity contribution in [2.24, 2.45) is 4.99 Å². The molecule has 2 unspecified atom stereocenters. The van der Waals surface area contributed by atoms with Crippen molar-refractivity contribution in [1.82, 2.24) is 14.7 Å². The lowest BCUT2D eigenvalue weighted by molar-refractivity contribution is -0.137. The third-order valence-corrected chi connectivity index (χ3v) is 5.52. The Morgan fingerprint density at radius 2 is 1.79 bits per heavy atom. The molecular weight excluding hydrogens is 392 g/mol. The van der Waals surface area contributed by atoms with E-state index in [4.69, 9.17) is 16.3 Å². The minimum Gasteiger partial charge on any atom is -0.423 e. The molecule has 3 aliphatic rings. The van der Waals surface area contributed by atoms with Gasteiger partial charge in [-0.25, -0.2) is 9.79 Å². The summed E-state index contributed by atoms with van der Waals surface area (Å²) in [6.07, 6.45) is 1.17. The standard InChI is InChI=1S/C21H17ClN4O3/c1-24-18-17(19(27)26(21(24)28)11-13-7-9-15(22)10-8-13)25-12-16(29-20(25)23-18)14-5-3-2-4-6-14/h2-10,12,17-18H,11H2,1H3. The maximum Gasteiger partial charge on any atom is 0.328 e. The van der Waals surface area contributed by atoms with Crippen molar-refractivity contribution >= 4 is 35.3 Å². The number of hydrogen-bond donors (Lipinski definition) is 0. The van der Waals surface area contributed by atoms with Gasteiger partial charge in [0.1, 0.15) is 0 Å². The van der Waals surface area contributed by atoms with Crippen LogP contribution in [0.2, 0.25) is 5.02 Å². The minimum absolute atomic E-state index is 0.168. The van der Waals surface area contributed by atoms with E-state index in [2.05, 4.69) is 4.99 Å². The second-order valence-corrected chi connectivity index (χ2v) is 7.52. The summed E-state index contributed by atoms with van der Waals surface area (Å²) in [6, 6.07) is 16.0. The van der Waals surface area contributed by atoms with E-state index in [1.54, 1.807) is 42.4 Å². The number of rotatable bonds is 3. The predicted molar refractivity (Wildman–Crippen MR) is 108 cm³/mol. The molecule has 2 atom stereocenters. The fourth-order valence-corrected chi connectivity index (χ4v) is 3.86. The number of carbonyl (C=O) groups is 2. The van der Waals surface area contributed by atoms with E-state index in [1.807, 2.05) is 30.3 Å². The van der Waals surface area contributed by atoms with Crippen LogP contribution in [0.1, 0.15) is 11.1 Å². The van der Waals surface area contributed by atoms with Crippen LogP contribution in [0.3, 0.4) is 0 Å². The van der Waals surface area contributed by atoms with Crippen LogP contribution in [0.25, 0.3) is 5.76 Å². The maximum absolute atomic E-state index is 13.3. The van der Waals surface area contributed by atoms with Crippen LogP contribution in [0, 0.1) is 0 Å². The van der Waals surface area contributed by atoms with Crippen LogP contribution in [0.15, 0.2) is 65.8 Å². The number of hydrogen-bond acceptors (Lipinski definition) is 5. The highest BCUT2D eigenvalue weighted by Gasteiger charge is 2.54. The molecule has 5 rings (SSSR count). The number of nitrogens with zero attached hydrogens (tertiary/aromatic N) is 4. The van der Waals surface area contributed by atoms with Crippen molar-refractivity contribution in [3.63, 3.8) is 0 Å². The zero-order chi connectivity index (χ0) is 20.1. The van der Waals surface area contributed by atoms with Gasteiger partial charge in [0.2, 0.25) is 0 Å². The Labute approximate surface area is 172 Å². The van der Waals surface area contributed by atoms with Gasteiger partial charge in [-0.05, 0) is 17.7 Å². The number of amides is 3. The molecule has 0 bridgehead atoms. The van der Waals surface area contributed by atoms with Crippen LogP contribution in [-0.2, 0) is 16.1 Å². The van der Waals surface area contributed by atoms with Gasteiger partial charge in [0.15, 0.2) is 18.0 Å². The normalized spacial score (nSPS) is 22.9. The minimum atomic E-state index is -0.652. The number of aliphatic imine (C=N–C) groups is 1. The third kappa shape index (κ3) is 2.86. The quantitative estimate of drug-likeness (QED) is 0.782. The number of fused-ring (bicyclic) bond motifs is 3. The largest absolute Gasteiger partial charge is 0.423 e. The zero-order valence-electron chi connectivity index (χ0n) is 15.5. The Balaban J connectivity index is 1.44.